The van der Waals surface area contributed by atoms with Gasteiger partial charge in [-0.1, -0.05) is 13.3 Å². The molecule has 24 heavy (non-hydrogen) atoms. The Bertz CT molecular complexity index is 483. The molecule has 1 aromatic carbocycles. The summed E-state index contributed by atoms with van der Waals surface area (Å²) in [7, 11) is 0. The van der Waals surface area contributed by atoms with Gasteiger partial charge in [0.25, 0.3) is 0 Å². The summed E-state index contributed by atoms with van der Waals surface area (Å²) in [6.45, 7) is 5.88. The van der Waals surface area contributed by atoms with E-state index in [1.807, 2.05) is 12.1 Å². The maximum Gasteiger partial charge on any atom is 0.124 e. The second-order valence-corrected chi connectivity index (χ2v) is 7.29. The molecule has 2 fully saturated rings. The third-order valence-corrected chi connectivity index (χ3v) is 5.31. The number of nitrogens with zero attached hydrogens (tertiary/aromatic N) is 1. The van der Waals surface area contributed by atoms with Gasteiger partial charge in [0.05, 0.1) is 6.10 Å². The van der Waals surface area contributed by atoms with Crippen molar-refractivity contribution in [2.24, 2.45) is 0 Å². The lowest BCUT2D eigenvalue weighted by molar-refractivity contribution is 0.00688. The number of hydrogen-bond donors (Lipinski definition) is 2. The van der Waals surface area contributed by atoms with Gasteiger partial charge in [-0.3, -0.25) is 0 Å². The van der Waals surface area contributed by atoms with Crippen LogP contribution in [0.25, 0.3) is 0 Å². The van der Waals surface area contributed by atoms with Gasteiger partial charge in [-0.25, -0.2) is 0 Å². The van der Waals surface area contributed by atoms with Crippen LogP contribution in [-0.4, -0.2) is 47.9 Å². The molecule has 2 N–H and O–H groups in total. The number of likely N-dealkylation sites (tertiary alicyclic amines) is 1. The van der Waals surface area contributed by atoms with E-state index in [4.69, 9.17) is 4.74 Å². The van der Waals surface area contributed by atoms with E-state index in [-0.39, 0.29) is 12.2 Å². The number of hydrogen-bond acceptors (Lipinski definition) is 4. The van der Waals surface area contributed by atoms with Crippen molar-refractivity contribution in [2.45, 2.75) is 70.1 Å². The summed E-state index contributed by atoms with van der Waals surface area (Å²) in [6, 6.07) is 8.82. The van der Waals surface area contributed by atoms with E-state index in [1.54, 1.807) is 0 Å². The predicted octanol–water partition coefficient (Wildman–Crippen LogP) is 3.66. The minimum Gasteiger partial charge on any atom is -0.488 e. The Labute approximate surface area is 146 Å². The first-order valence-corrected chi connectivity index (χ1v) is 9.68. The van der Waals surface area contributed by atoms with Crippen molar-refractivity contribution in [1.82, 2.24) is 4.90 Å². The molecular weight excluding hydrogens is 300 g/mol. The fourth-order valence-electron chi connectivity index (χ4n) is 3.87. The summed E-state index contributed by atoms with van der Waals surface area (Å²) in [5.41, 5.74) is 1.17. The van der Waals surface area contributed by atoms with E-state index in [0.717, 1.165) is 31.4 Å². The first-order chi connectivity index (χ1) is 11.7. The second kappa shape index (κ2) is 8.72. The van der Waals surface area contributed by atoms with Crippen LogP contribution >= 0.6 is 0 Å². The minimum absolute atomic E-state index is 0.0412. The number of nitrogens with one attached hydrogen (secondary N) is 1. The number of aliphatic hydroxyl groups is 1. The Morgan fingerprint density at radius 1 is 1.08 bits per heavy atom. The van der Waals surface area contributed by atoms with E-state index in [2.05, 4.69) is 29.3 Å². The van der Waals surface area contributed by atoms with Crippen LogP contribution in [0.4, 0.5) is 5.69 Å². The number of piperidine rings is 1. The van der Waals surface area contributed by atoms with E-state index in [1.165, 1.54) is 44.6 Å². The maximum absolute atomic E-state index is 10.0. The van der Waals surface area contributed by atoms with Gasteiger partial charge in [-0.15, -0.1) is 0 Å². The molecule has 0 amide bonds. The normalized spacial score (nSPS) is 26.2. The van der Waals surface area contributed by atoms with E-state index in [0.29, 0.717) is 6.04 Å². The summed E-state index contributed by atoms with van der Waals surface area (Å²) in [5.74, 6) is 0.865. The molecule has 3 rings (SSSR count). The van der Waals surface area contributed by atoms with Gasteiger partial charge in [0, 0.05) is 24.8 Å². The summed E-state index contributed by atoms with van der Waals surface area (Å²) < 4.78 is 5.97. The van der Waals surface area contributed by atoms with Crippen molar-refractivity contribution < 1.29 is 9.84 Å². The largest absolute Gasteiger partial charge is 0.488 e. The zero-order valence-electron chi connectivity index (χ0n) is 14.9. The van der Waals surface area contributed by atoms with Gasteiger partial charge in [0.1, 0.15) is 11.9 Å². The van der Waals surface area contributed by atoms with Crippen LogP contribution in [0.3, 0.4) is 0 Å². The summed E-state index contributed by atoms with van der Waals surface area (Å²) in [5, 5.41) is 13.7. The fourth-order valence-corrected chi connectivity index (χ4v) is 3.87. The molecule has 0 bridgehead atoms. The number of benzene rings is 1. The van der Waals surface area contributed by atoms with Gasteiger partial charge >= 0.3 is 0 Å². The SMILES string of the molecule is CCCN1CCC(Nc2ccc(OC3CCCCC3O)cc2)CC1. The molecule has 2 aliphatic rings. The standard InChI is InChI=1S/C20H32N2O2/c1-2-13-22-14-11-17(12-15-22)21-16-7-9-18(10-8-16)24-20-6-4-3-5-19(20)23/h7-10,17,19-21,23H,2-6,11-15H2,1H3. The number of anilines is 1. The zero-order chi connectivity index (χ0) is 16.8. The average molecular weight is 332 g/mol. The highest BCUT2D eigenvalue weighted by Crippen LogP contribution is 2.25. The maximum atomic E-state index is 10.0. The summed E-state index contributed by atoms with van der Waals surface area (Å²) >= 11 is 0. The van der Waals surface area contributed by atoms with Gasteiger partial charge in [-0.05, 0) is 69.3 Å². The molecule has 1 aliphatic carbocycles. The van der Waals surface area contributed by atoms with Crippen molar-refractivity contribution in [3.8, 4) is 5.75 Å². The Balaban J connectivity index is 1.46. The summed E-state index contributed by atoms with van der Waals surface area (Å²) in [4.78, 5) is 2.56. The molecule has 2 unspecified atom stereocenters. The molecule has 1 saturated heterocycles. The number of aliphatic hydroxyl groups excluding tert-OH is 1. The molecule has 1 aliphatic heterocycles. The van der Waals surface area contributed by atoms with Crippen LogP contribution in [0.5, 0.6) is 5.75 Å². The molecule has 1 heterocycles. The van der Waals surface area contributed by atoms with Gasteiger partial charge in [-0.2, -0.15) is 0 Å². The van der Waals surface area contributed by atoms with Crippen LogP contribution in [0.2, 0.25) is 0 Å². The monoisotopic (exact) mass is 332 g/mol. The third kappa shape index (κ3) is 4.87. The van der Waals surface area contributed by atoms with E-state index >= 15 is 0 Å². The number of ether oxygens (including phenoxy) is 1. The van der Waals surface area contributed by atoms with Crippen molar-refractivity contribution >= 4 is 5.69 Å². The molecule has 0 spiro atoms. The lowest BCUT2D eigenvalue weighted by Gasteiger charge is -2.32. The van der Waals surface area contributed by atoms with Crippen LogP contribution in [0, 0.1) is 0 Å². The molecule has 1 saturated carbocycles. The van der Waals surface area contributed by atoms with E-state index in [9.17, 15) is 5.11 Å². The van der Waals surface area contributed by atoms with Gasteiger partial charge in [0.2, 0.25) is 0 Å². The molecule has 2 atom stereocenters. The second-order valence-electron chi connectivity index (χ2n) is 7.29. The number of rotatable bonds is 6. The van der Waals surface area contributed by atoms with Crippen LogP contribution in [0.1, 0.15) is 51.9 Å². The fraction of sp³-hybridized carbons (Fsp3) is 0.700. The van der Waals surface area contributed by atoms with Crippen LogP contribution in [0.15, 0.2) is 24.3 Å². The highest BCUT2D eigenvalue weighted by Gasteiger charge is 2.24. The van der Waals surface area contributed by atoms with Crippen molar-refractivity contribution in [1.29, 1.82) is 0 Å². The Hall–Kier alpha value is -1.26. The minimum atomic E-state index is -0.315. The van der Waals surface area contributed by atoms with Crippen molar-refractivity contribution in [3.05, 3.63) is 24.3 Å². The van der Waals surface area contributed by atoms with Crippen LogP contribution < -0.4 is 10.1 Å². The topological polar surface area (TPSA) is 44.7 Å². The first kappa shape index (κ1) is 17.6. The van der Waals surface area contributed by atoms with E-state index < -0.39 is 0 Å². The highest BCUT2D eigenvalue weighted by molar-refractivity contribution is 5.47. The zero-order valence-corrected chi connectivity index (χ0v) is 14.9. The quantitative estimate of drug-likeness (QED) is 0.834. The highest BCUT2D eigenvalue weighted by atomic mass is 16.5. The molecule has 0 aromatic heterocycles. The Kier molecular flexibility index (Phi) is 6.38. The lowest BCUT2D eigenvalue weighted by Crippen LogP contribution is -2.39. The molecule has 0 radical (unpaired) electrons. The predicted molar refractivity (Wildman–Crippen MR) is 98.7 cm³/mol. The Morgan fingerprint density at radius 3 is 2.46 bits per heavy atom. The first-order valence-electron chi connectivity index (χ1n) is 9.68. The van der Waals surface area contributed by atoms with Crippen LogP contribution in [-0.2, 0) is 0 Å². The lowest BCUT2D eigenvalue weighted by atomic mass is 9.95. The molecular formula is C20H32N2O2. The van der Waals surface area contributed by atoms with Gasteiger partial charge in [0.15, 0.2) is 0 Å². The average Bonchev–Trinajstić information content (AvgIpc) is 2.61. The smallest absolute Gasteiger partial charge is 0.124 e. The summed E-state index contributed by atoms with van der Waals surface area (Å²) in [6.07, 6.45) is 7.40. The molecule has 134 valence electrons. The molecule has 4 heteroatoms. The molecule has 1 aromatic rings. The molecule has 4 nitrogen and oxygen atoms in total. The van der Waals surface area contributed by atoms with Crippen molar-refractivity contribution in [3.63, 3.8) is 0 Å². The van der Waals surface area contributed by atoms with Gasteiger partial charge < -0.3 is 20.1 Å². The Morgan fingerprint density at radius 2 is 1.79 bits per heavy atom. The third-order valence-electron chi connectivity index (χ3n) is 5.31. The van der Waals surface area contributed by atoms with Crippen molar-refractivity contribution in [2.75, 3.05) is 25.0 Å².